The van der Waals surface area contributed by atoms with Crippen LogP contribution in [0.5, 0.6) is 0 Å². The minimum Gasteiger partial charge on any atom is -0.377 e. The number of benzene rings is 1. The monoisotopic (exact) mass is 478 g/mol. The van der Waals surface area contributed by atoms with Gasteiger partial charge in [-0.2, -0.15) is 0 Å². The maximum absolute atomic E-state index is 13.2. The van der Waals surface area contributed by atoms with Crippen LogP contribution in [0, 0.1) is 12.8 Å². The molecule has 1 aromatic carbocycles. The van der Waals surface area contributed by atoms with E-state index in [9.17, 15) is 4.79 Å². The van der Waals surface area contributed by atoms with Gasteiger partial charge >= 0.3 is 0 Å². The van der Waals surface area contributed by atoms with Crippen LogP contribution in [-0.2, 0) is 11.3 Å². The number of tetrazole rings is 1. The van der Waals surface area contributed by atoms with Crippen molar-refractivity contribution in [2.24, 2.45) is 5.92 Å². The average Bonchev–Trinajstić information content (AvgIpc) is 3.53. The first-order valence-corrected chi connectivity index (χ1v) is 13.3. The average molecular weight is 479 g/mol. The first kappa shape index (κ1) is 24.1. The molecule has 8 heteroatoms. The number of fused-ring (bicyclic) bond motifs is 1. The second-order valence-corrected chi connectivity index (χ2v) is 10.7. The van der Waals surface area contributed by atoms with E-state index in [0.29, 0.717) is 12.6 Å². The normalized spacial score (nSPS) is 20.3. The van der Waals surface area contributed by atoms with Crippen LogP contribution in [0.1, 0.15) is 87.8 Å². The Labute approximate surface area is 207 Å². The first-order valence-electron chi connectivity index (χ1n) is 13.3. The number of nitrogens with one attached hydrogen (secondary N) is 1. The van der Waals surface area contributed by atoms with Gasteiger partial charge in [-0.1, -0.05) is 45.2 Å². The van der Waals surface area contributed by atoms with Crippen LogP contribution in [-0.4, -0.2) is 49.3 Å². The molecule has 2 atom stereocenters. The molecule has 1 aliphatic carbocycles. The third-order valence-electron chi connectivity index (χ3n) is 7.64. The highest BCUT2D eigenvalue weighted by Gasteiger charge is 2.34. The van der Waals surface area contributed by atoms with Gasteiger partial charge in [0, 0.05) is 30.8 Å². The number of nitrogens with zero attached hydrogens (tertiary/aromatic N) is 5. The lowest BCUT2D eigenvalue weighted by Gasteiger charge is -2.36. The molecule has 8 nitrogen and oxygen atoms in total. The predicted octanol–water partition coefficient (Wildman–Crippen LogP) is 4.71. The fourth-order valence-electron chi connectivity index (χ4n) is 5.89. The van der Waals surface area contributed by atoms with E-state index in [2.05, 4.69) is 56.1 Å². The summed E-state index contributed by atoms with van der Waals surface area (Å²) in [6.07, 6.45) is 8.28. The van der Waals surface area contributed by atoms with Gasteiger partial charge in [-0.3, -0.25) is 9.69 Å². The second-order valence-electron chi connectivity index (χ2n) is 10.7. The largest absolute Gasteiger partial charge is 0.377 e. The lowest BCUT2D eigenvalue weighted by Crippen LogP contribution is -2.40. The number of aryl methyl sites for hydroxylation is 1. The van der Waals surface area contributed by atoms with E-state index in [1.54, 1.807) is 0 Å². The van der Waals surface area contributed by atoms with E-state index < -0.39 is 0 Å². The number of aromatic amines is 1. The molecule has 0 amide bonds. The van der Waals surface area contributed by atoms with Crippen molar-refractivity contribution in [1.82, 2.24) is 30.1 Å². The number of pyridine rings is 1. The van der Waals surface area contributed by atoms with E-state index in [0.717, 1.165) is 66.7 Å². The van der Waals surface area contributed by atoms with Gasteiger partial charge in [-0.05, 0) is 72.0 Å². The Hall–Kier alpha value is -2.58. The van der Waals surface area contributed by atoms with Gasteiger partial charge in [-0.15, -0.1) is 5.10 Å². The van der Waals surface area contributed by atoms with Crippen molar-refractivity contribution in [3.8, 4) is 0 Å². The van der Waals surface area contributed by atoms with Crippen molar-refractivity contribution in [2.45, 2.75) is 90.4 Å². The smallest absolute Gasteiger partial charge is 0.252 e. The van der Waals surface area contributed by atoms with Gasteiger partial charge in [0.15, 0.2) is 5.82 Å². The summed E-state index contributed by atoms with van der Waals surface area (Å²) in [4.78, 5) is 18.6. The Morgan fingerprint density at radius 2 is 1.97 bits per heavy atom. The summed E-state index contributed by atoms with van der Waals surface area (Å²) in [7, 11) is 0. The Balaban J connectivity index is 1.51. The molecule has 3 aromatic rings. The summed E-state index contributed by atoms with van der Waals surface area (Å²) >= 11 is 0. The van der Waals surface area contributed by atoms with Crippen LogP contribution >= 0.6 is 0 Å². The van der Waals surface area contributed by atoms with Crippen LogP contribution in [0.2, 0.25) is 0 Å². The quantitative estimate of drug-likeness (QED) is 0.505. The fourth-order valence-corrected chi connectivity index (χ4v) is 5.89. The number of ether oxygens (including phenoxy) is 1. The SMILES string of the molecule is Cc1ccc2cc(CN(CC3CCCO3)C(c3nnnn3C3CCCCC3)C(C)C)c(=O)[nH]c2c1. The van der Waals surface area contributed by atoms with Gasteiger partial charge in [0.25, 0.3) is 5.56 Å². The van der Waals surface area contributed by atoms with Gasteiger partial charge < -0.3 is 9.72 Å². The van der Waals surface area contributed by atoms with E-state index in [-0.39, 0.29) is 23.6 Å². The van der Waals surface area contributed by atoms with Gasteiger partial charge in [0.05, 0.1) is 18.2 Å². The highest BCUT2D eigenvalue weighted by molar-refractivity contribution is 5.79. The first-order chi connectivity index (χ1) is 17.0. The number of hydrogen-bond acceptors (Lipinski definition) is 6. The van der Waals surface area contributed by atoms with Gasteiger partial charge in [0.2, 0.25) is 0 Å². The van der Waals surface area contributed by atoms with E-state index in [4.69, 9.17) is 4.74 Å². The van der Waals surface area contributed by atoms with Crippen LogP contribution in [0.4, 0.5) is 0 Å². The standard InChI is InChI=1S/C27H38N6O2/c1-18(2)25(26-29-30-31-33(26)22-8-5-4-6-9-22)32(17-23-10-7-13-35-23)16-21-15-20-12-11-19(3)14-24(20)28-27(21)34/h11-12,14-15,18,22-23,25H,4-10,13,16-17H2,1-3H3,(H,28,34). The zero-order valence-electron chi connectivity index (χ0n) is 21.2. The second kappa shape index (κ2) is 10.6. The molecule has 1 saturated heterocycles. The predicted molar refractivity (Wildman–Crippen MR) is 136 cm³/mol. The molecule has 2 fully saturated rings. The lowest BCUT2D eigenvalue weighted by molar-refractivity contribution is 0.0375. The molecule has 5 rings (SSSR count). The topological polar surface area (TPSA) is 88.9 Å². The summed E-state index contributed by atoms with van der Waals surface area (Å²) in [6.45, 7) is 8.57. The zero-order valence-corrected chi connectivity index (χ0v) is 21.2. The summed E-state index contributed by atoms with van der Waals surface area (Å²) in [6, 6.07) is 8.58. The maximum atomic E-state index is 13.2. The minimum atomic E-state index is -0.0326. The molecule has 1 saturated carbocycles. The molecule has 3 heterocycles. The summed E-state index contributed by atoms with van der Waals surface area (Å²) in [5.41, 5.74) is 2.75. The van der Waals surface area contributed by atoms with Crippen LogP contribution in [0.25, 0.3) is 10.9 Å². The van der Waals surface area contributed by atoms with Crippen molar-refractivity contribution in [3.05, 3.63) is 51.6 Å². The molecule has 2 unspecified atom stereocenters. The third-order valence-corrected chi connectivity index (χ3v) is 7.64. The van der Waals surface area contributed by atoms with E-state index >= 15 is 0 Å². The Bertz CT molecular complexity index is 1190. The van der Waals surface area contributed by atoms with Gasteiger partial charge in [-0.25, -0.2) is 4.68 Å². The van der Waals surface area contributed by atoms with Crippen LogP contribution in [0.15, 0.2) is 29.1 Å². The Kier molecular flexibility index (Phi) is 7.29. The van der Waals surface area contributed by atoms with Crippen molar-refractivity contribution >= 4 is 10.9 Å². The molecule has 35 heavy (non-hydrogen) atoms. The molecular formula is C27H38N6O2. The summed E-state index contributed by atoms with van der Waals surface area (Å²) < 4.78 is 8.13. The maximum Gasteiger partial charge on any atom is 0.252 e. The highest BCUT2D eigenvalue weighted by Crippen LogP contribution is 2.34. The molecule has 2 aromatic heterocycles. The minimum absolute atomic E-state index is 0.00996. The van der Waals surface area contributed by atoms with Crippen molar-refractivity contribution < 1.29 is 4.74 Å². The molecule has 1 aliphatic heterocycles. The van der Waals surface area contributed by atoms with Crippen LogP contribution in [0.3, 0.4) is 0 Å². The lowest BCUT2D eigenvalue weighted by atomic mass is 9.94. The zero-order chi connectivity index (χ0) is 24.4. The van der Waals surface area contributed by atoms with Gasteiger partial charge in [0.1, 0.15) is 0 Å². The molecule has 2 aliphatic rings. The molecule has 0 radical (unpaired) electrons. The molecule has 1 N–H and O–H groups in total. The molecule has 188 valence electrons. The summed E-state index contributed by atoms with van der Waals surface area (Å²) in [5, 5.41) is 14.2. The number of aromatic nitrogens is 5. The number of H-pyrrole nitrogens is 1. The summed E-state index contributed by atoms with van der Waals surface area (Å²) in [5.74, 6) is 1.18. The Morgan fingerprint density at radius 3 is 2.71 bits per heavy atom. The van der Waals surface area contributed by atoms with E-state index in [1.807, 2.05) is 19.1 Å². The highest BCUT2D eigenvalue weighted by atomic mass is 16.5. The number of hydrogen-bond donors (Lipinski definition) is 1. The molecule has 0 bridgehead atoms. The third kappa shape index (κ3) is 5.33. The number of rotatable bonds is 8. The molecule has 0 spiro atoms. The Morgan fingerprint density at radius 1 is 1.14 bits per heavy atom. The van der Waals surface area contributed by atoms with Crippen molar-refractivity contribution in [1.29, 1.82) is 0 Å². The van der Waals surface area contributed by atoms with E-state index in [1.165, 1.54) is 19.3 Å². The van der Waals surface area contributed by atoms with Crippen LogP contribution < -0.4 is 5.56 Å². The van der Waals surface area contributed by atoms with Crippen molar-refractivity contribution in [2.75, 3.05) is 13.2 Å². The molecular weight excluding hydrogens is 440 g/mol. The van der Waals surface area contributed by atoms with Crippen molar-refractivity contribution in [3.63, 3.8) is 0 Å². The fraction of sp³-hybridized carbons (Fsp3) is 0.630.